The zero-order valence-electron chi connectivity index (χ0n) is 22.1. The minimum absolute atomic E-state index is 0. The fourth-order valence-corrected chi connectivity index (χ4v) is 3.69. The van der Waals surface area contributed by atoms with Crippen LogP contribution >= 0.6 is 0 Å². The summed E-state index contributed by atoms with van der Waals surface area (Å²) in [5.41, 5.74) is 2.36. The first-order chi connectivity index (χ1) is 16.9. The number of hydrogen-bond acceptors (Lipinski definition) is 8. The number of aryl methyl sites for hydroxylation is 1. The van der Waals surface area contributed by atoms with E-state index in [1.54, 1.807) is 30.5 Å². The van der Waals surface area contributed by atoms with Gasteiger partial charge in [-0.25, -0.2) is 9.78 Å². The Morgan fingerprint density at radius 3 is 2.47 bits per heavy atom. The molecule has 0 spiro atoms. The SMILES string of the molecule is C=C/C=C(\C=C)C(C)Nc1nc(Nc2ccc(B3OC(C)(C)C(C)(C)O3)c(C(=O)OC)c2)ncc1C.[HH].[HH]. The molecule has 8 nitrogen and oxygen atoms in total. The Hall–Kier alpha value is -3.43. The molecule has 1 aliphatic rings. The summed E-state index contributed by atoms with van der Waals surface area (Å²) >= 11 is 0. The largest absolute Gasteiger partial charge is 0.495 e. The number of aromatic nitrogens is 2. The van der Waals surface area contributed by atoms with Gasteiger partial charge >= 0.3 is 13.1 Å². The molecule has 0 bridgehead atoms. The number of allylic oxidation sites excluding steroid dienone is 2. The average molecular weight is 494 g/mol. The number of methoxy groups -OCH3 is 1. The number of carbonyl (C=O) groups excluding carboxylic acids is 1. The summed E-state index contributed by atoms with van der Waals surface area (Å²) in [5, 5.41) is 6.57. The van der Waals surface area contributed by atoms with Gasteiger partial charge in [-0.2, -0.15) is 4.98 Å². The Morgan fingerprint density at radius 1 is 1.22 bits per heavy atom. The van der Waals surface area contributed by atoms with E-state index in [0.29, 0.717) is 28.5 Å². The highest BCUT2D eigenvalue weighted by Gasteiger charge is 2.52. The van der Waals surface area contributed by atoms with Gasteiger partial charge in [0.15, 0.2) is 0 Å². The van der Waals surface area contributed by atoms with Crippen molar-refractivity contribution < 1.29 is 21.7 Å². The summed E-state index contributed by atoms with van der Waals surface area (Å²) in [4.78, 5) is 21.7. The van der Waals surface area contributed by atoms with Crippen LogP contribution in [0.15, 0.2) is 61.4 Å². The number of carbonyl (C=O) groups is 1. The molecular formula is C27H39BN4O4. The second-order valence-corrected chi connectivity index (χ2v) is 9.70. The number of anilines is 3. The molecule has 1 saturated heterocycles. The van der Waals surface area contributed by atoms with Gasteiger partial charge in [0.1, 0.15) is 5.82 Å². The van der Waals surface area contributed by atoms with Crippen LogP contribution in [0.25, 0.3) is 0 Å². The number of rotatable bonds is 9. The number of nitrogens with zero attached hydrogens (tertiary/aromatic N) is 2. The Labute approximate surface area is 217 Å². The summed E-state index contributed by atoms with van der Waals surface area (Å²) in [6.07, 6.45) is 7.14. The van der Waals surface area contributed by atoms with E-state index >= 15 is 0 Å². The number of benzene rings is 1. The molecule has 2 N–H and O–H groups in total. The van der Waals surface area contributed by atoms with Gasteiger partial charge in [0, 0.05) is 26.3 Å². The van der Waals surface area contributed by atoms with E-state index in [1.165, 1.54) is 7.11 Å². The van der Waals surface area contributed by atoms with Gasteiger partial charge in [0.2, 0.25) is 5.95 Å². The van der Waals surface area contributed by atoms with E-state index in [0.717, 1.165) is 11.1 Å². The van der Waals surface area contributed by atoms with Gasteiger partial charge in [-0.05, 0) is 64.7 Å². The number of ether oxygens (including phenoxy) is 1. The highest BCUT2D eigenvalue weighted by atomic mass is 16.7. The maximum Gasteiger partial charge on any atom is 0.495 e. The molecule has 9 heteroatoms. The van der Waals surface area contributed by atoms with Crippen LogP contribution in [0.2, 0.25) is 0 Å². The summed E-state index contributed by atoms with van der Waals surface area (Å²) < 4.78 is 17.3. The number of nitrogens with one attached hydrogen (secondary N) is 2. The molecule has 2 aromatic rings. The second-order valence-electron chi connectivity index (χ2n) is 9.70. The van der Waals surface area contributed by atoms with Gasteiger partial charge in [-0.15, -0.1) is 0 Å². The van der Waals surface area contributed by atoms with E-state index in [1.807, 2.05) is 53.7 Å². The van der Waals surface area contributed by atoms with E-state index in [2.05, 4.69) is 33.8 Å². The molecule has 0 amide bonds. The van der Waals surface area contributed by atoms with Gasteiger partial charge < -0.3 is 24.7 Å². The fourth-order valence-electron chi connectivity index (χ4n) is 3.69. The molecule has 0 radical (unpaired) electrons. The first-order valence-corrected chi connectivity index (χ1v) is 11.8. The van der Waals surface area contributed by atoms with Crippen molar-refractivity contribution in [2.45, 2.75) is 58.8 Å². The third kappa shape index (κ3) is 5.69. The average Bonchev–Trinajstić information content (AvgIpc) is 3.05. The van der Waals surface area contributed by atoms with Crippen molar-refractivity contribution in [2.75, 3.05) is 17.7 Å². The lowest BCUT2D eigenvalue weighted by Gasteiger charge is -2.32. The Morgan fingerprint density at radius 2 is 1.89 bits per heavy atom. The number of esters is 1. The van der Waals surface area contributed by atoms with E-state index in [9.17, 15) is 4.79 Å². The highest BCUT2D eigenvalue weighted by Crippen LogP contribution is 2.37. The molecule has 1 unspecified atom stereocenters. The van der Waals surface area contributed by atoms with Crippen molar-refractivity contribution in [1.29, 1.82) is 0 Å². The second kappa shape index (κ2) is 10.7. The van der Waals surface area contributed by atoms with Gasteiger partial charge in [-0.3, -0.25) is 0 Å². The minimum atomic E-state index is -0.700. The van der Waals surface area contributed by atoms with Crippen LogP contribution < -0.4 is 16.1 Å². The van der Waals surface area contributed by atoms with Gasteiger partial charge in [0.05, 0.1) is 23.9 Å². The summed E-state index contributed by atoms with van der Waals surface area (Å²) in [5.74, 6) is 0.566. The molecule has 194 valence electrons. The van der Waals surface area contributed by atoms with Crippen LogP contribution in [-0.2, 0) is 14.0 Å². The summed E-state index contributed by atoms with van der Waals surface area (Å²) in [7, 11) is 0.644. The van der Waals surface area contributed by atoms with Crippen molar-refractivity contribution in [3.63, 3.8) is 0 Å². The molecule has 0 saturated carbocycles. The molecule has 1 atom stereocenters. The van der Waals surface area contributed by atoms with Crippen LogP contribution in [0.4, 0.5) is 17.5 Å². The van der Waals surface area contributed by atoms with E-state index < -0.39 is 24.3 Å². The van der Waals surface area contributed by atoms with Crippen molar-refractivity contribution in [2.24, 2.45) is 0 Å². The molecule has 0 aliphatic carbocycles. The van der Waals surface area contributed by atoms with Gasteiger partial charge in [0.25, 0.3) is 0 Å². The smallest absolute Gasteiger partial charge is 0.465 e. The van der Waals surface area contributed by atoms with E-state index in [4.69, 9.17) is 14.0 Å². The quantitative estimate of drug-likeness (QED) is 0.279. The summed E-state index contributed by atoms with van der Waals surface area (Å²) in [6, 6.07) is 5.28. The molecule has 1 aliphatic heterocycles. The van der Waals surface area contributed by atoms with Crippen LogP contribution in [-0.4, -0.2) is 47.4 Å². The zero-order chi connectivity index (χ0) is 26.7. The third-order valence-corrected chi connectivity index (χ3v) is 6.59. The molecule has 1 fully saturated rings. The predicted molar refractivity (Wildman–Crippen MR) is 149 cm³/mol. The summed E-state index contributed by atoms with van der Waals surface area (Å²) in [6.45, 7) is 19.4. The van der Waals surface area contributed by atoms with Crippen LogP contribution in [0.1, 0.15) is 53.4 Å². The maximum atomic E-state index is 12.7. The molecule has 36 heavy (non-hydrogen) atoms. The van der Waals surface area contributed by atoms with Crippen molar-refractivity contribution in [3.8, 4) is 0 Å². The molecule has 1 aromatic heterocycles. The van der Waals surface area contributed by atoms with Crippen LogP contribution in [0.3, 0.4) is 0 Å². The Balaban J connectivity index is 0.00000361. The first-order valence-electron chi connectivity index (χ1n) is 11.8. The fraction of sp³-hybridized carbons (Fsp3) is 0.370. The zero-order valence-corrected chi connectivity index (χ0v) is 22.1. The molecule has 1 aromatic carbocycles. The lowest BCUT2D eigenvalue weighted by molar-refractivity contribution is 0.00578. The lowest BCUT2D eigenvalue weighted by atomic mass is 9.75. The first kappa shape index (κ1) is 27.2. The van der Waals surface area contributed by atoms with Crippen molar-refractivity contribution >= 4 is 36.0 Å². The van der Waals surface area contributed by atoms with E-state index in [-0.39, 0.29) is 8.90 Å². The number of hydrogen-bond donors (Lipinski definition) is 2. The van der Waals surface area contributed by atoms with Crippen molar-refractivity contribution in [1.82, 2.24) is 9.97 Å². The van der Waals surface area contributed by atoms with Crippen LogP contribution in [0, 0.1) is 6.92 Å². The maximum absolute atomic E-state index is 12.7. The standard InChI is InChI=1S/C27H35BN4O4.2H2/c1-10-12-19(11-2)18(4)30-23-17(3)16-29-25(32-23)31-20-13-14-22(21(15-20)24(33)34-9)28-35-26(5,6)27(7,8)36-28;;/h10-16,18H,1-2H2,3-9H3,(H2,29,30,31,32);2*1H/b19-12+;;. The van der Waals surface area contributed by atoms with Crippen LogP contribution in [0.5, 0.6) is 0 Å². The highest BCUT2D eigenvalue weighted by molar-refractivity contribution is 6.63. The topological polar surface area (TPSA) is 94.6 Å². The van der Waals surface area contributed by atoms with Gasteiger partial charge in [-0.1, -0.05) is 37.5 Å². The molecular weight excluding hydrogens is 455 g/mol. The normalized spacial score (nSPS) is 17.3. The monoisotopic (exact) mass is 494 g/mol. The Bertz CT molecular complexity index is 1190. The Kier molecular flexibility index (Phi) is 8.06. The predicted octanol–water partition coefficient (Wildman–Crippen LogP) is 5.21. The van der Waals surface area contributed by atoms with Crippen molar-refractivity contribution in [3.05, 3.63) is 72.5 Å². The molecule has 3 rings (SSSR count). The molecule has 2 heterocycles. The minimum Gasteiger partial charge on any atom is -0.465 e. The lowest BCUT2D eigenvalue weighted by Crippen LogP contribution is -2.41. The third-order valence-electron chi connectivity index (χ3n) is 6.59.